The first-order valence-electron chi connectivity index (χ1n) is 7.46. The number of halogens is 1. The van der Waals surface area contributed by atoms with Crippen LogP contribution in [0.15, 0.2) is 24.3 Å². The summed E-state index contributed by atoms with van der Waals surface area (Å²) in [6.07, 6.45) is 0. The summed E-state index contributed by atoms with van der Waals surface area (Å²) >= 11 is 0. The predicted molar refractivity (Wildman–Crippen MR) is 92.2 cm³/mol. The Morgan fingerprint density at radius 1 is 1.30 bits per heavy atom. The van der Waals surface area contributed by atoms with Gasteiger partial charge in [0.1, 0.15) is 5.69 Å². The van der Waals surface area contributed by atoms with Gasteiger partial charge in [0.05, 0.1) is 4.92 Å². The summed E-state index contributed by atoms with van der Waals surface area (Å²) in [6.45, 7) is 4.99. The molecule has 1 fully saturated rings. The molecule has 1 unspecified atom stereocenters. The zero-order chi connectivity index (χ0) is 16.1. The Kier molecular flexibility index (Phi) is 7.25. The Morgan fingerprint density at radius 2 is 1.91 bits per heavy atom. The first-order valence-corrected chi connectivity index (χ1v) is 7.46. The predicted octanol–water partition coefficient (Wildman–Crippen LogP) is 1.52. The number of hydrogen-bond donors (Lipinski definition) is 1. The second-order valence-corrected chi connectivity index (χ2v) is 5.52. The summed E-state index contributed by atoms with van der Waals surface area (Å²) in [5, 5.41) is 14.1. The molecule has 2 rings (SSSR count). The Labute approximate surface area is 142 Å². The fourth-order valence-corrected chi connectivity index (χ4v) is 2.76. The van der Waals surface area contributed by atoms with Gasteiger partial charge in [-0.3, -0.25) is 14.9 Å². The highest BCUT2D eigenvalue weighted by atomic mass is 35.5. The molecule has 7 nitrogen and oxygen atoms in total. The Bertz CT molecular complexity index is 547. The number of carbonyl (C=O) groups excluding carboxylic acids is 1. The minimum Gasteiger partial charge on any atom is -0.362 e. The van der Waals surface area contributed by atoms with Crippen molar-refractivity contribution in [3.05, 3.63) is 34.4 Å². The number of nitro benzene ring substituents is 1. The average Bonchev–Trinajstić information content (AvgIpc) is 2.54. The number of anilines is 1. The normalized spacial score (nSPS) is 15.7. The van der Waals surface area contributed by atoms with E-state index in [4.69, 9.17) is 0 Å². The number of piperazine rings is 1. The van der Waals surface area contributed by atoms with Crippen LogP contribution in [-0.4, -0.2) is 55.5 Å². The van der Waals surface area contributed by atoms with Gasteiger partial charge in [-0.1, -0.05) is 19.1 Å². The second-order valence-electron chi connectivity index (χ2n) is 5.52. The van der Waals surface area contributed by atoms with Crippen molar-refractivity contribution < 1.29 is 9.72 Å². The first kappa shape index (κ1) is 19.2. The lowest BCUT2D eigenvalue weighted by atomic mass is 10.1. The molecule has 1 aromatic rings. The van der Waals surface area contributed by atoms with Crippen molar-refractivity contribution in [3.8, 4) is 0 Å². The van der Waals surface area contributed by atoms with Gasteiger partial charge in [-0.05, 0) is 13.1 Å². The highest BCUT2D eigenvalue weighted by Crippen LogP contribution is 2.28. The fourth-order valence-electron chi connectivity index (χ4n) is 2.76. The molecule has 0 saturated carbocycles. The van der Waals surface area contributed by atoms with E-state index >= 15 is 0 Å². The maximum absolute atomic E-state index is 12.3. The number of nitrogens with one attached hydrogen (secondary N) is 1. The molecule has 1 heterocycles. The van der Waals surface area contributed by atoms with Gasteiger partial charge in [-0.2, -0.15) is 0 Å². The first-order chi connectivity index (χ1) is 10.5. The number of para-hydroxylation sites is 2. The van der Waals surface area contributed by atoms with Crippen LogP contribution < -0.4 is 10.2 Å². The van der Waals surface area contributed by atoms with Gasteiger partial charge in [-0.15, -0.1) is 12.4 Å². The van der Waals surface area contributed by atoms with E-state index in [1.807, 2.05) is 23.8 Å². The lowest BCUT2D eigenvalue weighted by Crippen LogP contribution is -2.51. The van der Waals surface area contributed by atoms with Gasteiger partial charge in [0.15, 0.2) is 0 Å². The lowest BCUT2D eigenvalue weighted by Gasteiger charge is -2.36. The van der Waals surface area contributed by atoms with Gasteiger partial charge >= 0.3 is 0 Å². The van der Waals surface area contributed by atoms with Gasteiger partial charge in [0, 0.05) is 44.7 Å². The van der Waals surface area contributed by atoms with Crippen molar-refractivity contribution in [2.45, 2.75) is 6.92 Å². The third-order valence-corrected chi connectivity index (χ3v) is 3.94. The van der Waals surface area contributed by atoms with Crippen LogP contribution >= 0.6 is 12.4 Å². The van der Waals surface area contributed by atoms with E-state index in [2.05, 4.69) is 5.32 Å². The van der Waals surface area contributed by atoms with Crippen LogP contribution in [0.1, 0.15) is 6.92 Å². The van der Waals surface area contributed by atoms with E-state index in [1.54, 1.807) is 18.2 Å². The SMILES string of the molecule is CNCC(C)C(=O)N1CCN(c2ccccc2[N+](=O)[O-])CC1.Cl. The molecule has 1 aromatic carbocycles. The van der Waals surface area contributed by atoms with Crippen molar-refractivity contribution in [2.75, 3.05) is 44.7 Å². The summed E-state index contributed by atoms with van der Waals surface area (Å²) in [5.41, 5.74) is 0.744. The Morgan fingerprint density at radius 3 is 2.48 bits per heavy atom. The largest absolute Gasteiger partial charge is 0.362 e. The average molecular weight is 343 g/mol. The molecule has 0 radical (unpaired) electrons. The standard InChI is InChI=1S/C15H22N4O3.ClH/c1-12(11-16-2)15(20)18-9-7-17(8-10-18)13-5-3-4-6-14(13)19(21)22;/h3-6,12,16H,7-11H2,1-2H3;1H. The molecule has 128 valence electrons. The Balaban J connectivity index is 0.00000264. The van der Waals surface area contributed by atoms with Gasteiger partial charge < -0.3 is 15.1 Å². The van der Waals surface area contributed by atoms with Crippen molar-refractivity contribution in [1.29, 1.82) is 0 Å². The molecule has 1 aliphatic rings. The van der Waals surface area contributed by atoms with Crippen LogP contribution in [0.2, 0.25) is 0 Å². The van der Waals surface area contributed by atoms with E-state index in [9.17, 15) is 14.9 Å². The van der Waals surface area contributed by atoms with E-state index in [1.165, 1.54) is 6.07 Å². The van der Waals surface area contributed by atoms with Crippen molar-refractivity contribution >= 4 is 29.7 Å². The second kappa shape index (κ2) is 8.69. The lowest BCUT2D eigenvalue weighted by molar-refractivity contribution is -0.384. The third-order valence-electron chi connectivity index (χ3n) is 3.94. The smallest absolute Gasteiger partial charge is 0.292 e. The third kappa shape index (κ3) is 4.56. The molecule has 23 heavy (non-hydrogen) atoms. The monoisotopic (exact) mass is 342 g/mol. The van der Waals surface area contributed by atoms with E-state index in [0.717, 1.165) is 0 Å². The van der Waals surface area contributed by atoms with Gasteiger partial charge in [0.25, 0.3) is 5.69 Å². The molecular weight excluding hydrogens is 320 g/mol. The zero-order valence-corrected chi connectivity index (χ0v) is 14.2. The van der Waals surface area contributed by atoms with E-state index in [-0.39, 0.29) is 34.8 Å². The van der Waals surface area contributed by atoms with Crippen LogP contribution in [-0.2, 0) is 4.79 Å². The maximum Gasteiger partial charge on any atom is 0.292 e. The number of amides is 1. The molecular formula is C15H23ClN4O3. The highest BCUT2D eigenvalue weighted by molar-refractivity contribution is 5.85. The minimum absolute atomic E-state index is 0. The molecule has 0 spiro atoms. The fraction of sp³-hybridized carbons (Fsp3) is 0.533. The van der Waals surface area contributed by atoms with Gasteiger partial charge in [-0.25, -0.2) is 0 Å². The number of rotatable bonds is 5. The minimum atomic E-state index is -0.359. The van der Waals surface area contributed by atoms with Crippen LogP contribution in [0.4, 0.5) is 11.4 Å². The van der Waals surface area contributed by atoms with Crippen molar-refractivity contribution in [1.82, 2.24) is 10.2 Å². The molecule has 0 aliphatic carbocycles. The molecule has 8 heteroatoms. The maximum atomic E-state index is 12.3. The van der Waals surface area contributed by atoms with Crippen LogP contribution in [0.5, 0.6) is 0 Å². The van der Waals surface area contributed by atoms with Gasteiger partial charge in [0.2, 0.25) is 5.91 Å². The number of hydrogen-bond acceptors (Lipinski definition) is 5. The zero-order valence-electron chi connectivity index (χ0n) is 13.4. The molecule has 0 bridgehead atoms. The number of nitrogens with zero attached hydrogens (tertiary/aromatic N) is 3. The molecule has 1 saturated heterocycles. The van der Waals surface area contributed by atoms with Crippen LogP contribution in [0, 0.1) is 16.0 Å². The van der Waals surface area contributed by atoms with E-state index in [0.29, 0.717) is 38.4 Å². The summed E-state index contributed by atoms with van der Waals surface area (Å²) in [6, 6.07) is 6.75. The van der Waals surface area contributed by atoms with E-state index < -0.39 is 0 Å². The molecule has 1 aliphatic heterocycles. The van der Waals surface area contributed by atoms with Crippen molar-refractivity contribution in [3.63, 3.8) is 0 Å². The molecule has 1 N–H and O–H groups in total. The molecule has 0 aromatic heterocycles. The number of carbonyl (C=O) groups is 1. The summed E-state index contributed by atoms with van der Waals surface area (Å²) < 4.78 is 0. The number of benzene rings is 1. The summed E-state index contributed by atoms with van der Waals surface area (Å²) in [4.78, 5) is 26.8. The van der Waals surface area contributed by atoms with Crippen LogP contribution in [0.3, 0.4) is 0 Å². The Hall–Kier alpha value is -1.86. The van der Waals surface area contributed by atoms with Crippen molar-refractivity contribution in [2.24, 2.45) is 5.92 Å². The molecule has 1 amide bonds. The van der Waals surface area contributed by atoms with Crippen LogP contribution in [0.25, 0.3) is 0 Å². The highest BCUT2D eigenvalue weighted by Gasteiger charge is 2.27. The number of nitro groups is 1. The summed E-state index contributed by atoms with van der Waals surface area (Å²) in [5.74, 6) is 0.0826. The topological polar surface area (TPSA) is 78.7 Å². The molecule has 1 atom stereocenters. The quantitative estimate of drug-likeness (QED) is 0.648. The summed E-state index contributed by atoms with van der Waals surface area (Å²) in [7, 11) is 1.83.